The second-order valence-electron chi connectivity index (χ2n) is 5.96. The normalized spacial score (nSPS) is 19.6. The fourth-order valence-corrected chi connectivity index (χ4v) is 3.51. The van der Waals surface area contributed by atoms with Gasteiger partial charge in [0.2, 0.25) is 5.91 Å². The molecule has 2 heterocycles. The molecule has 1 saturated heterocycles. The molecule has 1 spiro atoms. The van der Waals surface area contributed by atoms with Crippen LogP contribution < -0.4 is 10.2 Å². The van der Waals surface area contributed by atoms with Crippen molar-refractivity contribution in [2.24, 2.45) is 0 Å². The lowest BCUT2D eigenvalue weighted by Gasteiger charge is -2.34. The summed E-state index contributed by atoms with van der Waals surface area (Å²) in [4.78, 5) is 14.0. The topological polar surface area (TPSA) is 50.8 Å². The third kappa shape index (κ3) is 2.63. The molecule has 0 unspecified atom stereocenters. The van der Waals surface area contributed by atoms with E-state index in [0.29, 0.717) is 0 Å². The monoisotopic (exact) mass is 290 g/mol. The summed E-state index contributed by atoms with van der Waals surface area (Å²) < 4.78 is 10.4. The molecule has 0 atom stereocenters. The number of amides is 1. The van der Waals surface area contributed by atoms with Gasteiger partial charge < -0.3 is 19.7 Å². The molecular formula is C16H22N2O3. The van der Waals surface area contributed by atoms with E-state index in [0.717, 1.165) is 38.3 Å². The summed E-state index contributed by atoms with van der Waals surface area (Å²) >= 11 is 0. The van der Waals surface area contributed by atoms with Crippen LogP contribution in [0.5, 0.6) is 0 Å². The van der Waals surface area contributed by atoms with Crippen LogP contribution in [0.25, 0.3) is 0 Å². The predicted octanol–water partition coefficient (Wildman–Crippen LogP) is 1.77. The zero-order valence-electron chi connectivity index (χ0n) is 12.6. The molecule has 1 N–H and O–H groups in total. The zero-order chi connectivity index (χ0) is 14.9. The highest BCUT2D eigenvalue weighted by atomic mass is 16.5. The molecule has 0 aliphatic carbocycles. The molecule has 1 aromatic rings. The van der Waals surface area contributed by atoms with E-state index >= 15 is 0 Å². The van der Waals surface area contributed by atoms with Crippen molar-refractivity contribution in [1.29, 1.82) is 0 Å². The maximum atomic E-state index is 11.7. The molecule has 2 aliphatic heterocycles. The van der Waals surface area contributed by atoms with Gasteiger partial charge >= 0.3 is 0 Å². The lowest BCUT2D eigenvalue weighted by Crippen LogP contribution is -2.37. The van der Waals surface area contributed by atoms with E-state index in [1.54, 1.807) is 0 Å². The average molecular weight is 290 g/mol. The van der Waals surface area contributed by atoms with E-state index in [4.69, 9.17) is 9.47 Å². The summed E-state index contributed by atoms with van der Waals surface area (Å²) in [6, 6.07) is 6.18. The summed E-state index contributed by atoms with van der Waals surface area (Å²) in [5.41, 5.74) is 3.62. The van der Waals surface area contributed by atoms with Gasteiger partial charge in [0.05, 0.1) is 0 Å². The summed E-state index contributed by atoms with van der Waals surface area (Å²) in [7, 11) is 3.65. The van der Waals surface area contributed by atoms with Crippen molar-refractivity contribution in [3.63, 3.8) is 0 Å². The highest BCUT2D eigenvalue weighted by Crippen LogP contribution is 2.46. The third-order valence-electron chi connectivity index (χ3n) is 4.53. The van der Waals surface area contributed by atoms with Crippen LogP contribution in [-0.2, 0) is 19.7 Å². The number of likely N-dealkylation sites (N-methyl/N-ethyl adjacent to an activating group) is 1. The van der Waals surface area contributed by atoms with Crippen molar-refractivity contribution < 1.29 is 14.3 Å². The van der Waals surface area contributed by atoms with Crippen molar-refractivity contribution in [3.8, 4) is 0 Å². The fraction of sp³-hybridized carbons (Fsp3) is 0.562. The molecule has 0 aromatic heterocycles. The van der Waals surface area contributed by atoms with Gasteiger partial charge in [-0.15, -0.1) is 0 Å². The first-order valence-corrected chi connectivity index (χ1v) is 7.37. The number of methoxy groups -OCH3 is 1. The molecular weight excluding hydrogens is 268 g/mol. The van der Waals surface area contributed by atoms with E-state index in [9.17, 15) is 4.79 Å². The van der Waals surface area contributed by atoms with E-state index < -0.39 is 0 Å². The molecule has 2 aliphatic rings. The lowest BCUT2D eigenvalue weighted by atomic mass is 9.76. The maximum Gasteiger partial charge on any atom is 0.250 e. The predicted molar refractivity (Wildman–Crippen MR) is 81.9 cm³/mol. The van der Waals surface area contributed by atoms with Gasteiger partial charge in [-0.2, -0.15) is 0 Å². The highest BCUT2D eigenvalue weighted by Gasteiger charge is 2.42. The lowest BCUT2D eigenvalue weighted by molar-refractivity contribution is -0.119. The minimum absolute atomic E-state index is 0.0793. The smallest absolute Gasteiger partial charge is 0.250 e. The van der Waals surface area contributed by atoms with Crippen molar-refractivity contribution in [3.05, 3.63) is 23.8 Å². The second kappa shape index (κ2) is 5.66. The number of carbonyl (C=O) groups is 1. The number of carbonyl (C=O) groups excluding carboxylic acids is 1. The molecule has 3 rings (SSSR count). The van der Waals surface area contributed by atoms with E-state index in [-0.39, 0.29) is 17.9 Å². The molecule has 1 fully saturated rings. The summed E-state index contributed by atoms with van der Waals surface area (Å²) in [6.45, 7) is 2.73. The number of hydrogen-bond donors (Lipinski definition) is 1. The Labute approximate surface area is 125 Å². The molecule has 0 bridgehead atoms. The van der Waals surface area contributed by atoms with Crippen LogP contribution in [-0.4, -0.2) is 46.4 Å². The SMILES string of the molecule is COCC(=O)Nc1ccc2c(c1)C1(CCOCC1)CN2C. The molecule has 21 heavy (non-hydrogen) atoms. The standard InChI is InChI=1S/C16H22N2O3/c1-18-11-16(5-7-21-8-6-16)13-9-12(3-4-14(13)18)17-15(19)10-20-2/h3-4,9H,5-8,10-11H2,1-2H3,(H,17,19). The van der Waals surface area contributed by atoms with Crippen LogP contribution in [0.4, 0.5) is 11.4 Å². The van der Waals surface area contributed by atoms with Gasteiger partial charge in [-0.05, 0) is 36.6 Å². The van der Waals surface area contributed by atoms with Crippen LogP contribution in [0, 0.1) is 0 Å². The first kappa shape index (κ1) is 14.4. The number of rotatable bonds is 3. The molecule has 5 heteroatoms. The van der Waals surface area contributed by atoms with Crippen molar-refractivity contribution in [1.82, 2.24) is 0 Å². The number of nitrogens with zero attached hydrogens (tertiary/aromatic N) is 1. The van der Waals surface area contributed by atoms with Gasteiger partial charge in [-0.25, -0.2) is 0 Å². The molecule has 1 amide bonds. The van der Waals surface area contributed by atoms with Gasteiger partial charge in [0.1, 0.15) is 6.61 Å². The number of fused-ring (bicyclic) bond motifs is 2. The average Bonchev–Trinajstić information content (AvgIpc) is 2.72. The molecule has 0 radical (unpaired) electrons. The Hall–Kier alpha value is -1.59. The van der Waals surface area contributed by atoms with Crippen LogP contribution >= 0.6 is 0 Å². The molecule has 5 nitrogen and oxygen atoms in total. The molecule has 0 saturated carbocycles. The minimum Gasteiger partial charge on any atom is -0.381 e. The Morgan fingerprint density at radius 3 is 2.90 bits per heavy atom. The Morgan fingerprint density at radius 1 is 1.43 bits per heavy atom. The van der Waals surface area contributed by atoms with Crippen LogP contribution in [0.15, 0.2) is 18.2 Å². The number of ether oxygens (including phenoxy) is 2. The molecule has 1 aromatic carbocycles. The van der Waals surface area contributed by atoms with Gasteiger partial charge in [0.15, 0.2) is 0 Å². The highest BCUT2D eigenvalue weighted by molar-refractivity contribution is 5.92. The molecule has 114 valence electrons. The summed E-state index contributed by atoms with van der Waals surface area (Å²) in [5, 5.41) is 2.90. The summed E-state index contributed by atoms with van der Waals surface area (Å²) in [5.74, 6) is -0.121. The Kier molecular flexibility index (Phi) is 3.87. The Balaban J connectivity index is 1.89. The van der Waals surface area contributed by atoms with Gasteiger partial charge in [-0.1, -0.05) is 0 Å². The zero-order valence-corrected chi connectivity index (χ0v) is 12.6. The van der Waals surface area contributed by atoms with Crippen molar-refractivity contribution in [2.75, 3.05) is 50.7 Å². The first-order valence-electron chi connectivity index (χ1n) is 7.37. The van der Waals surface area contributed by atoms with E-state index in [2.05, 4.69) is 29.4 Å². The number of benzene rings is 1. The van der Waals surface area contributed by atoms with E-state index in [1.807, 2.05) is 6.07 Å². The first-order chi connectivity index (χ1) is 10.1. The van der Waals surface area contributed by atoms with Crippen LogP contribution in [0.1, 0.15) is 18.4 Å². The minimum atomic E-state index is -0.121. The van der Waals surface area contributed by atoms with E-state index in [1.165, 1.54) is 18.4 Å². The number of nitrogens with one attached hydrogen (secondary N) is 1. The van der Waals surface area contributed by atoms with Gasteiger partial charge in [0, 0.05) is 50.7 Å². The Morgan fingerprint density at radius 2 is 2.19 bits per heavy atom. The van der Waals surface area contributed by atoms with Crippen molar-refractivity contribution >= 4 is 17.3 Å². The number of hydrogen-bond acceptors (Lipinski definition) is 4. The fourth-order valence-electron chi connectivity index (χ4n) is 3.51. The van der Waals surface area contributed by atoms with Gasteiger partial charge in [-0.3, -0.25) is 4.79 Å². The third-order valence-corrected chi connectivity index (χ3v) is 4.53. The van der Waals surface area contributed by atoms with Crippen molar-refractivity contribution in [2.45, 2.75) is 18.3 Å². The number of anilines is 2. The Bertz CT molecular complexity index is 538. The maximum absolute atomic E-state index is 11.7. The second-order valence-corrected chi connectivity index (χ2v) is 5.96. The quantitative estimate of drug-likeness (QED) is 0.922. The van der Waals surface area contributed by atoms with Crippen LogP contribution in [0.2, 0.25) is 0 Å². The van der Waals surface area contributed by atoms with Gasteiger partial charge in [0.25, 0.3) is 0 Å². The largest absolute Gasteiger partial charge is 0.381 e. The van der Waals surface area contributed by atoms with Crippen LogP contribution in [0.3, 0.4) is 0 Å². The summed E-state index contributed by atoms with van der Waals surface area (Å²) in [6.07, 6.45) is 2.08.